The molecule has 1 amide bonds. The average molecular weight is 301 g/mol. The maximum absolute atomic E-state index is 12.5. The van der Waals surface area contributed by atoms with Crippen molar-refractivity contribution in [1.29, 1.82) is 0 Å². The third kappa shape index (κ3) is 3.72. The van der Waals surface area contributed by atoms with Crippen LogP contribution in [0, 0.1) is 0 Å². The number of aromatic nitrogens is 2. The van der Waals surface area contributed by atoms with Crippen molar-refractivity contribution >= 4 is 11.9 Å². The van der Waals surface area contributed by atoms with Gasteiger partial charge in [0.1, 0.15) is 0 Å². The number of carboxylic acids is 1. The van der Waals surface area contributed by atoms with Crippen LogP contribution in [0.15, 0.2) is 42.7 Å². The molecule has 1 heterocycles. The van der Waals surface area contributed by atoms with Crippen LogP contribution in [-0.4, -0.2) is 44.3 Å². The Labute approximate surface area is 129 Å². The lowest BCUT2D eigenvalue weighted by atomic mass is 10.1. The molecule has 0 spiro atoms. The van der Waals surface area contributed by atoms with Gasteiger partial charge < -0.3 is 10.0 Å². The minimum absolute atomic E-state index is 0.0577. The minimum Gasteiger partial charge on any atom is -0.481 e. The summed E-state index contributed by atoms with van der Waals surface area (Å²) in [5, 5.41) is 12.9. The Kier molecular flexibility index (Phi) is 4.93. The molecule has 0 fully saturated rings. The number of amides is 1. The highest BCUT2D eigenvalue weighted by atomic mass is 16.4. The molecule has 1 aromatic carbocycles. The van der Waals surface area contributed by atoms with Gasteiger partial charge in [0.15, 0.2) is 0 Å². The Morgan fingerprint density at radius 3 is 2.45 bits per heavy atom. The van der Waals surface area contributed by atoms with Crippen molar-refractivity contribution in [3.63, 3.8) is 0 Å². The third-order valence-corrected chi connectivity index (χ3v) is 3.33. The molecule has 6 nitrogen and oxygen atoms in total. The maximum atomic E-state index is 12.5. The molecule has 6 heteroatoms. The van der Waals surface area contributed by atoms with E-state index in [4.69, 9.17) is 5.11 Å². The standard InChI is InChI=1S/C16H19N3O3/c1-12(2)18(11-8-15(20)21)16(22)13-4-6-14(7-5-13)19-10-3-9-17-19/h3-7,9-10,12H,8,11H2,1-2H3,(H,20,21). The molecular weight excluding hydrogens is 282 g/mol. The molecule has 0 aliphatic rings. The Balaban J connectivity index is 2.14. The van der Waals surface area contributed by atoms with E-state index in [0.29, 0.717) is 5.56 Å². The second-order valence-corrected chi connectivity index (χ2v) is 5.23. The van der Waals surface area contributed by atoms with Gasteiger partial charge in [0, 0.05) is 30.5 Å². The zero-order valence-electron chi connectivity index (χ0n) is 12.6. The molecule has 0 atom stereocenters. The summed E-state index contributed by atoms with van der Waals surface area (Å²) in [6.45, 7) is 3.95. The van der Waals surface area contributed by atoms with Gasteiger partial charge in [-0.15, -0.1) is 0 Å². The molecular formula is C16H19N3O3. The van der Waals surface area contributed by atoms with Crippen LogP contribution < -0.4 is 0 Å². The van der Waals surface area contributed by atoms with Crippen molar-refractivity contribution in [3.8, 4) is 5.69 Å². The molecule has 0 radical (unpaired) electrons. The summed E-state index contributed by atoms with van der Waals surface area (Å²) in [5.41, 5.74) is 1.40. The van der Waals surface area contributed by atoms with E-state index >= 15 is 0 Å². The Hall–Kier alpha value is -2.63. The summed E-state index contributed by atoms with van der Waals surface area (Å²) in [6.07, 6.45) is 3.45. The van der Waals surface area contributed by atoms with Gasteiger partial charge in [-0.05, 0) is 44.2 Å². The van der Waals surface area contributed by atoms with Gasteiger partial charge >= 0.3 is 5.97 Å². The van der Waals surface area contributed by atoms with E-state index in [1.165, 1.54) is 0 Å². The first-order chi connectivity index (χ1) is 10.5. The lowest BCUT2D eigenvalue weighted by Crippen LogP contribution is -2.38. The zero-order valence-corrected chi connectivity index (χ0v) is 12.6. The molecule has 0 saturated carbocycles. The fourth-order valence-electron chi connectivity index (χ4n) is 2.15. The summed E-state index contributed by atoms with van der Waals surface area (Å²) >= 11 is 0. The molecule has 0 aliphatic heterocycles. The van der Waals surface area contributed by atoms with Crippen LogP contribution in [0.3, 0.4) is 0 Å². The summed E-state index contributed by atoms with van der Waals surface area (Å²) in [4.78, 5) is 24.8. The highest BCUT2D eigenvalue weighted by Gasteiger charge is 2.19. The lowest BCUT2D eigenvalue weighted by Gasteiger charge is -2.26. The van der Waals surface area contributed by atoms with E-state index in [0.717, 1.165) is 5.69 Å². The number of hydrogen-bond donors (Lipinski definition) is 1. The smallest absolute Gasteiger partial charge is 0.305 e. The molecule has 2 rings (SSSR count). The van der Waals surface area contributed by atoms with E-state index < -0.39 is 5.97 Å². The van der Waals surface area contributed by atoms with Crippen molar-refractivity contribution in [2.75, 3.05) is 6.54 Å². The number of benzene rings is 1. The van der Waals surface area contributed by atoms with Gasteiger partial charge in [0.25, 0.3) is 5.91 Å². The van der Waals surface area contributed by atoms with Crippen LogP contribution in [0.1, 0.15) is 30.6 Å². The maximum Gasteiger partial charge on any atom is 0.305 e. The number of carbonyl (C=O) groups excluding carboxylic acids is 1. The van der Waals surface area contributed by atoms with Crippen LogP contribution in [-0.2, 0) is 4.79 Å². The fraction of sp³-hybridized carbons (Fsp3) is 0.312. The number of aliphatic carboxylic acids is 1. The summed E-state index contributed by atoms with van der Waals surface area (Å²) in [7, 11) is 0. The molecule has 0 aliphatic carbocycles. The molecule has 116 valence electrons. The first kappa shape index (κ1) is 15.8. The SMILES string of the molecule is CC(C)N(CCC(=O)O)C(=O)c1ccc(-n2cccn2)cc1. The second-order valence-electron chi connectivity index (χ2n) is 5.23. The Morgan fingerprint density at radius 1 is 1.27 bits per heavy atom. The van der Waals surface area contributed by atoms with Crippen molar-refractivity contribution in [2.45, 2.75) is 26.3 Å². The lowest BCUT2D eigenvalue weighted by molar-refractivity contribution is -0.137. The number of nitrogens with zero attached hydrogens (tertiary/aromatic N) is 3. The van der Waals surface area contributed by atoms with Gasteiger partial charge in [0.05, 0.1) is 12.1 Å². The van der Waals surface area contributed by atoms with E-state index in [9.17, 15) is 9.59 Å². The van der Waals surface area contributed by atoms with Crippen LogP contribution in [0.5, 0.6) is 0 Å². The third-order valence-electron chi connectivity index (χ3n) is 3.33. The number of hydrogen-bond acceptors (Lipinski definition) is 3. The van der Waals surface area contributed by atoms with Crippen LogP contribution in [0.25, 0.3) is 5.69 Å². The van der Waals surface area contributed by atoms with Gasteiger partial charge in [-0.3, -0.25) is 9.59 Å². The largest absolute Gasteiger partial charge is 0.481 e. The van der Waals surface area contributed by atoms with Crippen LogP contribution >= 0.6 is 0 Å². The van der Waals surface area contributed by atoms with Gasteiger partial charge in [-0.2, -0.15) is 5.10 Å². The minimum atomic E-state index is -0.910. The quantitative estimate of drug-likeness (QED) is 0.887. The highest BCUT2D eigenvalue weighted by Crippen LogP contribution is 2.13. The number of rotatable bonds is 6. The topological polar surface area (TPSA) is 75.4 Å². The van der Waals surface area contributed by atoms with Crippen molar-refractivity contribution < 1.29 is 14.7 Å². The fourth-order valence-corrected chi connectivity index (χ4v) is 2.15. The molecule has 1 N–H and O–H groups in total. The zero-order chi connectivity index (χ0) is 16.1. The van der Waals surface area contributed by atoms with E-state index in [1.54, 1.807) is 27.9 Å². The Morgan fingerprint density at radius 2 is 1.95 bits per heavy atom. The predicted octanol–water partition coefficient (Wildman–Crippen LogP) is 2.20. The van der Waals surface area contributed by atoms with Gasteiger partial charge in [-0.25, -0.2) is 4.68 Å². The number of carbonyl (C=O) groups is 2. The Bertz CT molecular complexity index is 633. The summed E-state index contributed by atoms with van der Waals surface area (Å²) < 4.78 is 1.71. The van der Waals surface area contributed by atoms with Crippen LogP contribution in [0.2, 0.25) is 0 Å². The normalized spacial score (nSPS) is 10.7. The van der Waals surface area contributed by atoms with Crippen molar-refractivity contribution in [2.24, 2.45) is 0 Å². The first-order valence-corrected chi connectivity index (χ1v) is 7.12. The molecule has 22 heavy (non-hydrogen) atoms. The van der Waals surface area contributed by atoms with E-state index in [2.05, 4.69) is 5.10 Å². The van der Waals surface area contributed by atoms with Crippen LogP contribution in [0.4, 0.5) is 0 Å². The van der Waals surface area contributed by atoms with Crippen molar-refractivity contribution in [1.82, 2.24) is 14.7 Å². The molecule has 0 unspecified atom stereocenters. The van der Waals surface area contributed by atoms with E-state index in [-0.39, 0.29) is 24.9 Å². The number of carboxylic acid groups (broad SMARTS) is 1. The first-order valence-electron chi connectivity index (χ1n) is 7.12. The molecule has 2 aromatic rings. The van der Waals surface area contributed by atoms with Crippen molar-refractivity contribution in [3.05, 3.63) is 48.3 Å². The highest BCUT2D eigenvalue weighted by molar-refractivity contribution is 5.94. The average Bonchev–Trinajstić information content (AvgIpc) is 3.01. The molecule has 0 bridgehead atoms. The van der Waals surface area contributed by atoms with Gasteiger partial charge in [-0.1, -0.05) is 0 Å². The summed E-state index contributed by atoms with van der Waals surface area (Å²) in [5.74, 6) is -1.07. The molecule has 1 aromatic heterocycles. The monoisotopic (exact) mass is 301 g/mol. The van der Waals surface area contributed by atoms with E-state index in [1.807, 2.05) is 38.2 Å². The second kappa shape index (κ2) is 6.89. The molecule has 0 saturated heterocycles. The summed E-state index contributed by atoms with van der Waals surface area (Å²) in [6, 6.07) is 8.86. The van der Waals surface area contributed by atoms with Gasteiger partial charge in [0.2, 0.25) is 0 Å². The predicted molar refractivity (Wildman–Crippen MR) is 82.0 cm³/mol.